The van der Waals surface area contributed by atoms with Crippen LogP contribution in [0, 0.1) is 0 Å². The molecule has 0 heterocycles. The van der Waals surface area contributed by atoms with Crippen LogP contribution in [-0.4, -0.2) is 70.5 Å². The molecule has 7 heteroatoms. The van der Waals surface area contributed by atoms with Gasteiger partial charge in [0.15, 0.2) is 0 Å². The Hall–Kier alpha value is 1.57. The third kappa shape index (κ3) is 1740. The molecular formula is C10H30N5Zr2-. The molecule has 0 aromatic rings. The predicted octanol–water partition coefficient (Wildman–Crippen LogP) is 3.09. The Bertz CT molecular complexity index is 34.3. The summed E-state index contributed by atoms with van der Waals surface area (Å²) in [6.07, 6.45) is 0. The van der Waals surface area contributed by atoms with Crippen molar-refractivity contribution in [2.24, 2.45) is 0 Å². The predicted molar refractivity (Wildman–Crippen MR) is 76.0 cm³/mol. The fourth-order valence-corrected chi connectivity index (χ4v) is 0. The quantitative estimate of drug-likeness (QED) is 0.597. The first-order chi connectivity index (χ1) is 7.07. The Morgan fingerprint density at radius 2 is 0.353 bits per heavy atom. The van der Waals surface area contributed by atoms with Gasteiger partial charge in [0.25, 0.3) is 0 Å². The molecule has 0 bridgehead atoms. The first kappa shape index (κ1) is 42.8. The Morgan fingerprint density at radius 1 is 0.353 bits per heavy atom. The van der Waals surface area contributed by atoms with Crippen molar-refractivity contribution in [1.82, 2.24) is 0 Å². The molecule has 0 atom stereocenters. The van der Waals surface area contributed by atoms with E-state index in [0.29, 0.717) is 0 Å². The summed E-state index contributed by atoms with van der Waals surface area (Å²) in [7, 11) is 17.5. The standard InChI is InChI=1S/5C2H6N.2Zr/c5*1-3-2;;/h5*1-2H3;;/q5*-1;;+4. The van der Waals surface area contributed by atoms with Crippen molar-refractivity contribution in [2.75, 3.05) is 70.5 Å². The Morgan fingerprint density at radius 3 is 0.353 bits per heavy atom. The molecule has 0 aliphatic rings. The molecule has 0 aromatic carbocycles. The van der Waals surface area contributed by atoms with Gasteiger partial charge < -0.3 is 26.6 Å². The molecule has 0 N–H and O–H groups in total. The fourth-order valence-electron chi connectivity index (χ4n) is 0. The molecule has 0 radical (unpaired) electrons. The zero-order valence-corrected chi connectivity index (χ0v) is 18.2. The summed E-state index contributed by atoms with van der Waals surface area (Å²) >= 11 is 0. The zero-order valence-electron chi connectivity index (χ0n) is 13.2. The van der Waals surface area contributed by atoms with Gasteiger partial charge >= 0.3 is 26.2 Å². The Kier molecular flexibility index (Phi) is 282. The van der Waals surface area contributed by atoms with Crippen molar-refractivity contribution in [1.29, 1.82) is 0 Å². The van der Waals surface area contributed by atoms with Crippen LogP contribution in [0.4, 0.5) is 0 Å². The third-order valence-electron chi connectivity index (χ3n) is 0. The van der Waals surface area contributed by atoms with Crippen LogP contribution in [0.2, 0.25) is 0 Å². The molecular weight excluding hydrogens is 373 g/mol. The zero-order chi connectivity index (χ0) is 13.5. The molecule has 17 heavy (non-hydrogen) atoms. The summed E-state index contributed by atoms with van der Waals surface area (Å²) in [6, 6.07) is 0. The van der Waals surface area contributed by atoms with E-state index in [1.54, 1.807) is 70.5 Å². The molecule has 0 aromatic heterocycles. The van der Waals surface area contributed by atoms with Crippen molar-refractivity contribution < 1.29 is 52.4 Å². The molecule has 0 saturated carbocycles. The SMILES string of the molecule is C[N-]C.C[N-]C.C[N-]C.C[N-]C.C[N-]C.[Zr+4].[Zr]. The number of rotatable bonds is 0. The van der Waals surface area contributed by atoms with E-state index in [2.05, 4.69) is 26.6 Å². The van der Waals surface area contributed by atoms with Gasteiger partial charge in [0.05, 0.1) is 0 Å². The van der Waals surface area contributed by atoms with E-state index in [9.17, 15) is 0 Å². The summed E-state index contributed by atoms with van der Waals surface area (Å²) < 4.78 is 0. The van der Waals surface area contributed by atoms with Gasteiger partial charge in [-0.05, 0) is 0 Å². The van der Waals surface area contributed by atoms with E-state index in [1.807, 2.05) is 0 Å². The van der Waals surface area contributed by atoms with E-state index in [1.165, 1.54) is 0 Å². The smallest absolute Gasteiger partial charge is 0.668 e. The second kappa shape index (κ2) is 112. The van der Waals surface area contributed by atoms with Crippen molar-refractivity contribution in [3.05, 3.63) is 26.6 Å². The normalized spacial score (nSPS) is 5.29. The van der Waals surface area contributed by atoms with Crippen LogP contribution in [0.5, 0.6) is 0 Å². The summed E-state index contributed by atoms with van der Waals surface area (Å²) in [5.74, 6) is 0. The molecule has 0 aliphatic carbocycles. The Balaban J connectivity index is -0.0000000143. The minimum Gasteiger partial charge on any atom is -0.668 e. The molecule has 0 saturated heterocycles. The van der Waals surface area contributed by atoms with Crippen LogP contribution in [0.15, 0.2) is 0 Å². The monoisotopic (exact) mass is 400 g/mol. The van der Waals surface area contributed by atoms with Gasteiger partial charge in [0.1, 0.15) is 0 Å². The minimum atomic E-state index is 0. The van der Waals surface area contributed by atoms with Crippen molar-refractivity contribution >= 4 is 0 Å². The van der Waals surface area contributed by atoms with Gasteiger partial charge in [-0.15, -0.1) is 0 Å². The molecule has 104 valence electrons. The molecule has 0 fully saturated rings. The van der Waals surface area contributed by atoms with Crippen LogP contribution in [-0.2, 0) is 52.4 Å². The first-order valence-electron chi connectivity index (χ1n) is 4.47. The second-order valence-corrected chi connectivity index (χ2v) is 2.24. The van der Waals surface area contributed by atoms with Gasteiger partial charge in [-0.3, -0.25) is 0 Å². The van der Waals surface area contributed by atoms with Crippen LogP contribution in [0.25, 0.3) is 26.6 Å². The van der Waals surface area contributed by atoms with Crippen LogP contribution in [0.3, 0.4) is 0 Å². The maximum atomic E-state index is 3.50. The summed E-state index contributed by atoms with van der Waals surface area (Å²) in [5.41, 5.74) is 0. The topological polar surface area (TPSA) is 70.5 Å². The summed E-state index contributed by atoms with van der Waals surface area (Å²) in [5, 5.41) is 17.5. The number of nitrogens with zero attached hydrogens (tertiary/aromatic N) is 5. The van der Waals surface area contributed by atoms with E-state index in [-0.39, 0.29) is 52.4 Å². The minimum absolute atomic E-state index is 0. The average molecular weight is 403 g/mol. The summed E-state index contributed by atoms with van der Waals surface area (Å²) in [6.45, 7) is 0. The fraction of sp³-hybridized carbons (Fsp3) is 1.00. The largest absolute Gasteiger partial charge is 4.00 e. The molecule has 0 unspecified atom stereocenters. The van der Waals surface area contributed by atoms with Gasteiger partial charge in [0, 0.05) is 26.2 Å². The maximum Gasteiger partial charge on any atom is 4.00 e. The van der Waals surface area contributed by atoms with Crippen LogP contribution >= 0.6 is 0 Å². The first-order valence-corrected chi connectivity index (χ1v) is 4.47. The molecule has 5 nitrogen and oxygen atoms in total. The molecule has 0 amide bonds. The van der Waals surface area contributed by atoms with Gasteiger partial charge in [-0.2, -0.15) is 70.5 Å². The van der Waals surface area contributed by atoms with Gasteiger partial charge in [0.2, 0.25) is 0 Å². The number of hydrogen-bond acceptors (Lipinski definition) is 0. The number of hydrogen-bond donors (Lipinski definition) is 0. The van der Waals surface area contributed by atoms with Crippen LogP contribution in [0.1, 0.15) is 0 Å². The third-order valence-corrected chi connectivity index (χ3v) is 0. The average Bonchev–Trinajstić information content (AvgIpc) is 2.09. The maximum absolute atomic E-state index is 3.50. The molecule has 0 spiro atoms. The van der Waals surface area contributed by atoms with E-state index in [0.717, 1.165) is 0 Å². The second-order valence-electron chi connectivity index (χ2n) is 2.24. The molecule has 0 aliphatic heterocycles. The van der Waals surface area contributed by atoms with E-state index < -0.39 is 0 Å². The van der Waals surface area contributed by atoms with Crippen molar-refractivity contribution in [3.8, 4) is 0 Å². The summed E-state index contributed by atoms with van der Waals surface area (Å²) in [4.78, 5) is 0. The van der Waals surface area contributed by atoms with Gasteiger partial charge in [-0.25, -0.2) is 0 Å². The Labute approximate surface area is 148 Å². The molecule has 0 rings (SSSR count). The van der Waals surface area contributed by atoms with Crippen molar-refractivity contribution in [3.63, 3.8) is 0 Å². The van der Waals surface area contributed by atoms with Gasteiger partial charge in [-0.1, -0.05) is 0 Å². The van der Waals surface area contributed by atoms with Crippen LogP contribution < -0.4 is 0 Å². The van der Waals surface area contributed by atoms with E-state index >= 15 is 0 Å². The van der Waals surface area contributed by atoms with E-state index in [4.69, 9.17) is 0 Å². The van der Waals surface area contributed by atoms with Crippen molar-refractivity contribution in [2.45, 2.75) is 0 Å².